The third-order valence-electron chi connectivity index (χ3n) is 7.97. The zero-order valence-electron chi connectivity index (χ0n) is 17.1. The van der Waals surface area contributed by atoms with E-state index >= 15 is 0 Å². The summed E-state index contributed by atoms with van der Waals surface area (Å²) in [6.07, 6.45) is 8.99. The molecule has 0 N–H and O–H groups in total. The minimum absolute atomic E-state index is 0.134. The molecule has 2 saturated carbocycles. The Morgan fingerprint density at radius 2 is 1.93 bits per heavy atom. The van der Waals surface area contributed by atoms with Crippen LogP contribution in [0.3, 0.4) is 0 Å². The van der Waals surface area contributed by atoms with Gasteiger partial charge < -0.3 is 14.5 Å². The average Bonchev–Trinajstić information content (AvgIpc) is 3.07. The van der Waals surface area contributed by atoms with Gasteiger partial charge in [0.05, 0.1) is 6.61 Å². The monoisotopic (exact) mass is 376 g/mol. The predicted molar refractivity (Wildman–Crippen MR) is 104 cm³/mol. The first-order valence-corrected chi connectivity index (χ1v) is 11.2. The topological polar surface area (TPSA) is 49.9 Å². The fourth-order valence-corrected chi connectivity index (χ4v) is 6.47. The molecular formula is C22H36N2O3. The van der Waals surface area contributed by atoms with Crippen LogP contribution in [0, 0.1) is 23.2 Å². The fourth-order valence-electron chi connectivity index (χ4n) is 6.47. The molecule has 4 aliphatic rings. The lowest BCUT2D eigenvalue weighted by atomic mass is 9.63. The van der Waals surface area contributed by atoms with E-state index < -0.39 is 0 Å². The Kier molecular flexibility index (Phi) is 5.50. The van der Waals surface area contributed by atoms with Crippen LogP contribution in [0.2, 0.25) is 0 Å². The Bertz CT molecular complexity index is 564. The first kappa shape index (κ1) is 19.2. The zero-order valence-corrected chi connectivity index (χ0v) is 17.1. The molecule has 0 aromatic rings. The van der Waals surface area contributed by atoms with E-state index in [0.29, 0.717) is 41.6 Å². The minimum Gasteiger partial charge on any atom is -0.450 e. The number of hydrogen-bond donors (Lipinski definition) is 0. The van der Waals surface area contributed by atoms with Gasteiger partial charge in [-0.2, -0.15) is 0 Å². The van der Waals surface area contributed by atoms with Gasteiger partial charge in [0, 0.05) is 31.5 Å². The number of rotatable bonds is 3. The Balaban J connectivity index is 1.24. The summed E-state index contributed by atoms with van der Waals surface area (Å²) in [4.78, 5) is 29.0. The van der Waals surface area contributed by atoms with Crippen LogP contribution in [0.15, 0.2) is 0 Å². The lowest BCUT2D eigenvalue weighted by Crippen LogP contribution is -2.55. The molecule has 0 aromatic heterocycles. The van der Waals surface area contributed by atoms with Crippen LogP contribution in [0.1, 0.15) is 65.2 Å². The van der Waals surface area contributed by atoms with E-state index in [1.165, 1.54) is 32.1 Å². The summed E-state index contributed by atoms with van der Waals surface area (Å²) in [5, 5.41) is 0. The van der Waals surface area contributed by atoms with Crippen molar-refractivity contribution in [1.82, 2.24) is 9.80 Å². The summed E-state index contributed by atoms with van der Waals surface area (Å²) in [5.74, 6) is 2.08. The largest absolute Gasteiger partial charge is 0.450 e. The van der Waals surface area contributed by atoms with Crippen molar-refractivity contribution in [2.75, 3.05) is 32.8 Å². The first-order valence-electron chi connectivity index (χ1n) is 11.2. The second-order valence-corrected chi connectivity index (χ2v) is 9.67. The highest BCUT2D eigenvalue weighted by molar-refractivity contribution is 5.82. The Morgan fingerprint density at radius 1 is 1.19 bits per heavy atom. The lowest BCUT2D eigenvalue weighted by Gasteiger charge is -2.52. The van der Waals surface area contributed by atoms with Crippen molar-refractivity contribution in [1.29, 1.82) is 0 Å². The normalized spacial score (nSPS) is 38.2. The van der Waals surface area contributed by atoms with E-state index in [2.05, 4.69) is 11.8 Å². The van der Waals surface area contributed by atoms with Gasteiger partial charge in [-0.1, -0.05) is 6.92 Å². The first-order chi connectivity index (χ1) is 13.0. The molecule has 27 heavy (non-hydrogen) atoms. The molecule has 0 bridgehead atoms. The summed E-state index contributed by atoms with van der Waals surface area (Å²) < 4.78 is 5.17. The van der Waals surface area contributed by atoms with Crippen LogP contribution in [0.5, 0.6) is 0 Å². The molecule has 2 atom stereocenters. The van der Waals surface area contributed by atoms with Gasteiger partial charge in [0.15, 0.2) is 0 Å². The molecule has 2 unspecified atom stereocenters. The number of hydrogen-bond acceptors (Lipinski definition) is 4. The van der Waals surface area contributed by atoms with Gasteiger partial charge in [-0.25, -0.2) is 4.79 Å². The number of ketones is 1. The van der Waals surface area contributed by atoms with Crippen LogP contribution < -0.4 is 0 Å². The number of Topliss-reactive ketones (excluding diaryl/α,β-unsaturated/α-hetero) is 1. The predicted octanol–water partition coefficient (Wildman–Crippen LogP) is 3.71. The Morgan fingerprint density at radius 3 is 2.59 bits per heavy atom. The molecule has 1 amide bonds. The number of amides is 1. The van der Waals surface area contributed by atoms with Crippen molar-refractivity contribution in [3.63, 3.8) is 0 Å². The maximum Gasteiger partial charge on any atom is 0.409 e. The molecule has 0 radical (unpaired) electrons. The molecule has 2 aliphatic carbocycles. The van der Waals surface area contributed by atoms with E-state index in [9.17, 15) is 9.59 Å². The number of piperidine rings is 1. The number of likely N-dealkylation sites (tertiary alicyclic amines) is 2. The van der Waals surface area contributed by atoms with Gasteiger partial charge in [-0.15, -0.1) is 0 Å². The highest BCUT2D eigenvalue weighted by atomic mass is 16.6. The van der Waals surface area contributed by atoms with Crippen molar-refractivity contribution >= 4 is 11.9 Å². The molecule has 1 spiro atoms. The van der Waals surface area contributed by atoms with E-state index in [1.54, 1.807) is 0 Å². The number of carbonyl (C=O) groups is 2. The molecule has 0 aromatic carbocycles. The Labute approximate surface area is 163 Å². The summed E-state index contributed by atoms with van der Waals surface area (Å²) >= 11 is 0. The molecule has 2 saturated heterocycles. The highest BCUT2D eigenvalue weighted by Gasteiger charge is 2.51. The van der Waals surface area contributed by atoms with Gasteiger partial charge in [0.1, 0.15) is 5.78 Å². The molecule has 5 heteroatoms. The van der Waals surface area contributed by atoms with Gasteiger partial charge in [0.25, 0.3) is 0 Å². The number of carbonyl (C=O) groups excluding carboxylic acids is 2. The lowest BCUT2D eigenvalue weighted by molar-refractivity contribution is -0.129. The van der Waals surface area contributed by atoms with Crippen LogP contribution in [-0.4, -0.2) is 60.5 Å². The standard InChI is InChI=1S/C22H36N2O3/c1-3-27-21(26)24-12-9-22(15-24)13-18(14-22)23-10-7-17(8-11-23)20-16(2)5-4-6-19(20)25/h16-18,20H,3-15H2,1-2H3. The molecular weight excluding hydrogens is 340 g/mol. The summed E-state index contributed by atoms with van der Waals surface area (Å²) in [5.41, 5.74) is 0.349. The molecule has 2 heterocycles. The van der Waals surface area contributed by atoms with Gasteiger partial charge in [-0.05, 0) is 82.2 Å². The van der Waals surface area contributed by atoms with Gasteiger partial charge >= 0.3 is 6.09 Å². The smallest absolute Gasteiger partial charge is 0.409 e. The molecule has 4 fully saturated rings. The van der Waals surface area contributed by atoms with E-state index in [-0.39, 0.29) is 6.09 Å². The third kappa shape index (κ3) is 3.76. The van der Waals surface area contributed by atoms with Gasteiger partial charge in [0.2, 0.25) is 0 Å². The average molecular weight is 377 g/mol. The van der Waals surface area contributed by atoms with Crippen LogP contribution >= 0.6 is 0 Å². The molecule has 2 aliphatic heterocycles. The van der Waals surface area contributed by atoms with Crippen molar-refractivity contribution in [2.45, 2.75) is 71.3 Å². The van der Waals surface area contributed by atoms with Crippen molar-refractivity contribution in [3.05, 3.63) is 0 Å². The van der Waals surface area contributed by atoms with Crippen LogP contribution in [0.25, 0.3) is 0 Å². The van der Waals surface area contributed by atoms with Crippen molar-refractivity contribution in [2.24, 2.45) is 23.2 Å². The molecule has 152 valence electrons. The molecule has 5 nitrogen and oxygen atoms in total. The van der Waals surface area contributed by atoms with Crippen LogP contribution in [-0.2, 0) is 9.53 Å². The van der Waals surface area contributed by atoms with E-state index in [1.807, 2.05) is 11.8 Å². The van der Waals surface area contributed by atoms with Gasteiger partial charge in [-0.3, -0.25) is 4.79 Å². The van der Waals surface area contributed by atoms with Crippen LogP contribution in [0.4, 0.5) is 4.79 Å². The SMILES string of the molecule is CCOC(=O)N1CCC2(CC(N3CCC(C4C(=O)CCCC4C)CC3)C2)C1. The van der Waals surface area contributed by atoms with E-state index in [0.717, 1.165) is 45.4 Å². The van der Waals surface area contributed by atoms with Crippen molar-refractivity contribution in [3.8, 4) is 0 Å². The fraction of sp³-hybridized carbons (Fsp3) is 0.909. The highest BCUT2D eigenvalue weighted by Crippen LogP contribution is 2.51. The quantitative estimate of drug-likeness (QED) is 0.753. The summed E-state index contributed by atoms with van der Waals surface area (Å²) in [7, 11) is 0. The third-order valence-corrected chi connectivity index (χ3v) is 7.97. The molecule has 4 rings (SSSR count). The van der Waals surface area contributed by atoms with Crippen molar-refractivity contribution < 1.29 is 14.3 Å². The summed E-state index contributed by atoms with van der Waals surface area (Å²) in [6, 6.07) is 0.688. The number of ether oxygens (including phenoxy) is 1. The summed E-state index contributed by atoms with van der Waals surface area (Å²) in [6.45, 7) is 8.67. The zero-order chi connectivity index (χ0) is 19.0. The second-order valence-electron chi connectivity index (χ2n) is 9.67. The minimum atomic E-state index is -0.134. The number of nitrogens with zero attached hydrogens (tertiary/aromatic N) is 2. The second kappa shape index (κ2) is 7.73. The van der Waals surface area contributed by atoms with E-state index in [4.69, 9.17) is 4.74 Å². The maximum absolute atomic E-state index is 12.4. The maximum atomic E-state index is 12.4. The Hall–Kier alpha value is -1.10.